The number of hydrogen-bond acceptors (Lipinski definition) is 3. The van der Waals surface area contributed by atoms with E-state index < -0.39 is 10.0 Å². The maximum Gasteiger partial charge on any atom is 0.243 e. The van der Waals surface area contributed by atoms with Gasteiger partial charge >= 0.3 is 0 Å². The van der Waals surface area contributed by atoms with Crippen LogP contribution in [0, 0.1) is 19.8 Å². The minimum absolute atomic E-state index is 0.195. The van der Waals surface area contributed by atoms with Crippen LogP contribution in [-0.4, -0.2) is 32.4 Å². The van der Waals surface area contributed by atoms with E-state index in [0.29, 0.717) is 17.4 Å². The van der Waals surface area contributed by atoms with Crippen molar-refractivity contribution in [3.8, 4) is 0 Å². The fourth-order valence-electron chi connectivity index (χ4n) is 2.78. The first-order valence-corrected chi connectivity index (χ1v) is 9.02. The number of rotatable bonds is 6. The maximum absolute atomic E-state index is 13.1. The van der Waals surface area contributed by atoms with Crippen molar-refractivity contribution in [1.82, 2.24) is 4.31 Å². The largest absolute Gasteiger partial charge is 0.388 e. The monoisotopic (exact) mass is 310 g/mol. The van der Waals surface area contributed by atoms with Crippen LogP contribution < -0.4 is 5.32 Å². The summed E-state index contributed by atoms with van der Waals surface area (Å²) in [5.41, 5.74) is 2.58. The molecule has 0 aliphatic heterocycles. The van der Waals surface area contributed by atoms with E-state index in [4.69, 9.17) is 0 Å². The van der Waals surface area contributed by atoms with Crippen molar-refractivity contribution in [1.29, 1.82) is 0 Å². The smallest absolute Gasteiger partial charge is 0.243 e. The van der Waals surface area contributed by atoms with Gasteiger partial charge in [-0.15, -0.1) is 0 Å². The van der Waals surface area contributed by atoms with Crippen LogP contribution in [0.25, 0.3) is 0 Å². The van der Waals surface area contributed by atoms with E-state index in [1.165, 1.54) is 0 Å². The lowest BCUT2D eigenvalue weighted by molar-refractivity contribution is 0.359. The number of nitrogens with one attached hydrogen (secondary N) is 1. The van der Waals surface area contributed by atoms with Crippen LogP contribution in [-0.2, 0) is 10.0 Å². The summed E-state index contributed by atoms with van der Waals surface area (Å²) in [5.74, 6) is 0.331. The first-order chi connectivity index (χ1) is 9.77. The van der Waals surface area contributed by atoms with Gasteiger partial charge in [0.25, 0.3) is 0 Å². The average Bonchev–Trinajstić information content (AvgIpc) is 3.18. The lowest BCUT2D eigenvalue weighted by Gasteiger charge is -2.26. The minimum Gasteiger partial charge on any atom is -0.388 e. The molecule has 0 bridgehead atoms. The second kappa shape index (κ2) is 5.97. The molecule has 21 heavy (non-hydrogen) atoms. The number of sulfonamides is 1. The Bertz CT molecular complexity index is 596. The molecule has 118 valence electrons. The Morgan fingerprint density at radius 2 is 1.76 bits per heavy atom. The molecule has 0 radical (unpaired) electrons. The molecule has 0 unspecified atom stereocenters. The highest BCUT2D eigenvalue weighted by atomic mass is 32.2. The maximum atomic E-state index is 13.1. The summed E-state index contributed by atoms with van der Waals surface area (Å²) in [7, 11) is -1.57. The van der Waals surface area contributed by atoms with Crippen LogP contribution in [0.15, 0.2) is 17.0 Å². The Hall–Kier alpha value is -1.07. The summed E-state index contributed by atoms with van der Waals surface area (Å²) in [5, 5.41) is 3.08. The molecule has 0 aromatic heterocycles. The third-order valence-corrected chi connectivity index (χ3v) is 6.04. The van der Waals surface area contributed by atoms with Gasteiger partial charge in [0.1, 0.15) is 0 Å². The highest BCUT2D eigenvalue weighted by Gasteiger charge is 2.39. The summed E-state index contributed by atoms with van der Waals surface area (Å²) >= 11 is 0. The van der Waals surface area contributed by atoms with Crippen LogP contribution in [0.1, 0.15) is 37.8 Å². The Labute approximate surface area is 128 Å². The van der Waals surface area contributed by atoms with Crippen molar-refractivity contribution in [3.05, 3.63) is 23.3 Å². The summed E-state index contributed by atoms with van der Waals surface area (Å²) in [6.45, 7) is 8.48. The molecule has 1 saturated carbocycles. The second-order valence-electron chi connectivity index (χ2n) is 6.39. The van der Waals surface area contributed by atoms with Crippen molar-refractivity contribution in [3.63, 3.8) is 0 Å². The number of aryl methyl sites for hydroxylation is 2. The number of nitrogens with zero attached hydrogens (tertiary/aromatic N) is 1. The molecule has 1 aliphatic rings. The van der Waals surface area contributed by atoms with Crippen LogP contribution in [0.4, 0.5) is 5.69 Å². The normalized spacial score (nSPS) is 15.8. The summed E-state index contributed by atoms with van der Waals surface area (Å²) in [6, 6.07) is 4.00. The summed E-state index contributed by atoms with van der Waals surface area (Å²) in [6.07, 6.45) is 1.97. The topological polar surface area (TPSA) is 49.4 Å². The third kappa shape index (κ3) is 3.40. The Morgan fingerprint density at radius 3 is 2.14 bits per heavy atom. The number of benzene rings is 1. The van der Waals surface area contributed by atoms with Crippen molar-refractivity contribution < 1.29 is 8.42 Å². The molecule has 1 fully saturated rings. The Morgan fingerprint density at radius 1 is 1.24 bits per heavy atom. The van der Waals surface area contributed by atoms with E-state index >= 15 is 0 Å². The van der Waals surface area contributed by atoms with Gasteiger partial charge in [-0.25, -0.2) is 8.42 Å². The molecule has 1 N–H and O–H groups in total. The van der Waals surface area contributed by atoms with Gasteiger partial charge in [-0.1, -0.05) is 13.8 Å². The Kier molecular flexibility index (Phi) is 4.63. The third-order valence-electron chi connectivity index (χ3n) is 3.81. The lowest BCUT2D eigenvalue weighted by atomic mass is 10.1. The van der Waals surface area contributed by atoms with Crippen molar-refractivity contribution in [2.24, 2.45) is 5.92 Å². The average molecular weight is 310 g/mol. The molecule has 5 heteroatoms. The SMILES string of the molecule is CNc1cc(C)c(S(=O)(=O)N(CC(C)C)C2CC2)c(C)c1. The van der Waals surface area contributed by atoms with Gasteiger partial charge in [0.05, 0.1) is 4.90 Å². The molecule has 1 aliphatic carbocycles. The minimum atomic E-state index is -3.41. The zero-order valence-electron chi connectivity index (χ0n) is 13.6. The highest BCUT2D eigenvalue weighted by Crippen LogP contribution is 2.35. The van der Waals surface area contributed by atoms with Gasteiger partial charge in [-0.3, -0.25) is 0 Å². The van der Waals surface area contributed by atoms with E-state index in [1.54, 1.807) is 4.31 Å². The van der Waals surface area contributed by atoms with E-state index in [2.05, 4.69) is 19.2 Å². The Balaban J connectivity index is 2.47. The van der Waals surface area contributed by atoms with E-state index in [1.807, 2.05) is 33.0 Å². The van der Waals surface area contributed by atoms with E-state index in [0.717, 1.165) is 29.7 Å². The highest BCUT2D eigenvalue weighted by molar-refractivity contribution is 7.89. The van der Waals surface area contributed by atoms with Crippen molar-refractivity contribution in [2.75, 3.05) is 18.9 Å². The first-order valence-electron chi connectivity index (χ1n) is 7.58. The van der Waals surface area contributed by atoms with E-state index in [9.17, 15) is 8.42 Å². The lowest BCUT2D eigenvalue weighted by Crippen LogP contribution is -2.36. The first kappa shape index (κ1) is 16.3. The van der Waals surface area contributed by atoms with Crippen molar-refractivity contribution in [2.45, 2.75) is 51.5 Å². The fraction of sp³-hybridized carbons (Fsp3) is 0.625. The second-order valence-corrected chi connectivity index (χ2v) is 8.22. The molecule has 0 saturated heterocycles. The predicted molar refractivity (Wildman–Crippen MR) is 87.2 cm³/mol. The number of hydrogen-bond donors (Lipinski definition) is 1. The molecule has 0 spiro atoms. The quantitative estimate of drug-likeness (QED) is 0.878. The van der Waals surface area contributed by atoms with Gasteiger partial charge < -0.3 is 5.32 Å². The van der Waals surface area contributed by atoms with Gasteiger partial charge in [-0.2, -0.15) is 4.31 Å². The molecule has 0 atom stereocenters. The molecule has 0 heterocycles. The molecular formula is C16H26N2O2S. The standard InChI is InChI=1S/C16H26N2O2S/c1-11(2)10-18(15-6-7-15)21(19,20)16-12(3)8-14(17-5)9-13(16)4/h8-9,11,15,17H,6-7,10H2,1-5H3. The molecule has 1 aromatic carbocycles. The predicted octanol–water partition coefficient (Wildman–Crippen LogP) is 3.15. The molecule has 2 rings (SSSR count). The van der Waals surface area contributed by atoms with E-state index in [-0.39, 0.29) is 6.04 Å². The zero-order chi connectivity index (χ0) is 15.8. The molecular weight excluding hydrogens is 284 g/mol. The summed E-state index contributed by atoms with van der Waals surface area (Å²) in [4.78, 5) is 0.481. The summed E-state index contributed by atoms with van der Waals surface area (Å²) < 4.78 is 27.9. The number of anilines is 1. The van der Waals surface area contributed by atoms with Crippen LogP contribution >= 0.6 is 0 Å². The van der Waals surface area contributed by atoms with Crippen LogP contribution in [0.5, 0.6) is 0 Å². The van der Waals surface area contributed by atoms with Gasteiger partial charge in [0.15, 0.2) is 0 Å². The van der Waals surface area contributed by atoms with Gasteiger partial charge in [0.2, 0.25) is 10.0 Å². The van der Waals surface area contributed by atoms with Gasteiger partial charge in [-0.05, 0) is 55.9 Å². The molecule has 1 aromatic rings. The molecule has 0 amide bonds. The fourth-order valence-corrected chi connectivity index (χ4v) is 5.05. The zero-order valence-corrected chi connectivity index (χ0v) is 14.4. The van der Waals surface area contributed by atoms with Crippen LogP contribution in [0.2, 0.25) is 0 Å². The molecule has 4 nitrogen and oxygen atoms in total. The van der Waals surface area contributed by atoms with Gasteiger partial charge in [0, 0.05) is 25.3 Å². The van der Waals surface area contributed by atoms with Crippen LogP contribution in [0.3, 0.4) is 0 Å². The van der Waals surface area contributed by atoms with Crippen molar-refractivity contribution >= 4 is 15.7 Å².